The molecule has 2 saturated heterocycles. The summed E-state index contributed by atoms with van der Waals surface area (Å²) in [5.41, 5.74) is 0.835. The molecule has 4 rings (SSSR count). The van der Waals surface area contributed by atoms with Gasteiger partial charge < -0.3 is 19.5 Å². The van der Waals surface area contributed by atoms with E-state index in [0.717, 1.165) is 38.7 Å². The van der Waals surface area contributed by atoms with Crippen LogP contribution in [-0.2, 0) is 14.8 Å². The maximum atomic E-state index is 13.3. The van der Waals surface area contributed by atoms with Crippen molar-refractivity contribution in [2.24, 2.45) is 0 Å². The third-order valence-corrected chi connectivity index (χ3v) is 7.93. The third-order valence-electron chi connectivity index (χ3n) is 6.01. The minimum atomic E-state index is -3.73. The van der Waals surface area contributed by atoms with Crippen LogP contribution in [-0.4, -0.2) is 57.6 Å². The summed E-state index contributed by atoms with van der Waals surface area (Å²) in [7, 11) is -3.73. The summed E-state index contributed by atoms with van der Waals surface area (Å²) < 4.78 is 45.0. The van der Waals surface area contributed by atoms with E-state index in [1.807, 2.05) is 0 Å². The molecule has 184 valence electrons. The zero-order valence-corrected chi connectivity index (χ0v) is 20.3. The van der Waals surface area contributed by atoms with Crippen molar-refractivity contribution in [1.82, 2.24) is 4.31 Å². The highest BCUT2D eigenvalue weighted by Gasteiger charge is 2.29. The first kappa shape index (κ1) is 24.5. The predicted octanol–water partition coefficient (Wildman–Crippen LogP) is 4.07. The summed E-state index contributed by atoms with van der Waals surface area (Å²) in [6.45, 7) is 4.40. The standard InChI is InChI=1S/C25H32N2O6S/c1-2-31-23-13-10-20(17-24(23)34(29,30)27-14-4-3-5-15-27)26-25(28)19-8-11-21(12-9-19)33-18-22-7-6-16-32-22/h8-13,17,22H,2-7,14-16,18H2,1H3,(H,26,28). The Balaban J connectivity index is 1.46. The molecule has 0 spiro atoms. The first-order chi connectivity index (χ1) is 16.5. The van der Waals surface area contributed by atoms with Crippen LogP contribution < -0.4 is 14.8 Å². The van der Waals surface area contributed by atoms with E-state index in [2.05, 4.69) is 5.32 Å². The number of hydrogen-bond acceptors (Lipinski definition) is 6. The molecule has 34 heavy (non-hydrogen) atoms. The van der Waals surface area contributed by atoms with Gasteiger partial charge in [-0.2, -0.15) is 4.31 Å². The molecular formula is C25H32N2O6S. The summed E-state index contributed by atoms with van der Waals surface area (Å²) in [5, 5.41) is 2.80. The summed E-state index contributed by atoms with van der Waals surface area (Å²) in [5.74, 6) is 0.623. The van der Waals surface area contributed by atoms with Gasteiger partial charge in [0, 0.05) is 30.9 Å². The molecule has 2 heterocycles. The van der Waals surface area contributed by atoms with Crippen LogP contribution in [0, 0.1) is 0 Å². The van der Waals surface area contributed by atoms with Gasteiger partial charge in [0.15, 0.2) is 0 Å². The normalized spacial score (nSPS) is 19.0. The van der Waals surface area contributed by atoms with Crippen LogP contribution in [0.25, 0.3) is 0 Å². The van der Waals surface area contributed by atoms with Crippen LogP contribution in [0.2, 0.25) is 0 Å². The Hall–Kier alpha value is -2.62. The van der Waals surface area contributed by atoms with E-state index in [4.69, 9.17) is 14.2 Å². The minimum absolute atomic E-state index is 0.0759. The lowest BCUT2D eigenvalue weighted by atomic mass is 10.2. The molecule has 8 nitrogen and oxygen atoms in total. The lowest BCUT2D eigenvalue weighted by Crippen LogP contribution is -2.35. The SMILES string of the molecule is CCOc1ccc(NC(=O)c2ccc(OCC3CCCO3)cc2)cc1S(=O)(=O)N1CCCCC1. The number of nitrogens with one attached hydrogen (secondary N) is 1. The number of rotatable bonds is 9. The predicted molar refractivity (Wildman–Crippen MR) is 129 cm³/mol. The molecule has 0 radical (unpaired) electrons. The quantitative estimate of drug-likeness (QED) is 0.572. The first-order valence-electron chi connectivity index (χ1n) is 11.9. The molecule has 1 atom stereocenters. The van der Waals surface area contributed by atoms with Gasteiger partial charge in [-0.05, 0) is 75.1 Å². The van der Waals surface area contributed by atoms with Gasteiger partial charge in [-0.1, -0.05) is 6.42 Å². The number of ether oxygens (including phenoxy) is 3. The van der Waals surface area contributed by atoms with E-state index in [0.29, 0.717) is 49.1 Å². The van der Waals surface area contributed by atoms with Gasteiger partial charge in [-0.15, -0.1) is 0 Å². The van der Waals surface area contributed by atoms with Gasteiger partial charge in [0.25, 0.3) is 5.91 Å². The molecule has 1 N–H and O–H groups in total. The number of amides is 1. The lowest BCUT2D eigenvalue weighted by Gasteiger charge is -2.27. The number of sulfonamides is 1. The molecule has 0 aromatic heterocycles. The summed E-state index contributed by atoms with van der Waals surface area (Å²) in [6.07, 6.45) is 4.88. The number of piperidine rings is 1. The second-order valence-corrected chi connectivity index (χ2v) is 10.4. The van der Waals surface area contributed by atoms with E-state index in [-0.39, 0.29) is 16.9 Å². The highest BCUT2D eigenvalue weighted by molar-refractivity contribution is 7.89. The average molecular weight is 489 g/mol. The summed E-state index contributed by atoms with van der Waals surface area (Å²) >= 11 is 0. The second-order valence-electron chi connectivity index (χ2n) is 8.48. The molecule has 0 bridgehead atoms. The van der Waals surface area contributed by atoms with Gasteiger partial charge in [0.2, 0.25) is 10.0 Å². The van der Waals surface area contributed by atoms with Gasteiger partial charge in [-0.25, -0.2) is 8.42 Å². The van der Waals surface area contributed by atoms with E-state index in [1.165, 1.54) is 10.4 Å². The Labute approximate surface area is 201 Å². The van der Waals surface area contributed by atoms with Crippen molar-refractivity contribution in [3.05, 3.63) is 48.0 Å². The average Bonchev–Trinajstić information content (AvgIpc) is 3.38. The zero-order valence-electron chi connectivity index (χ0n) is 19.5. The molecular weight excluding hydrogens is 456 g/mol. The van der Waals surface area contributed by atoms with Crippen LogP contribution >= 0.6 is 0 Å². The fourth-order valence-electron chi connectivity index (χ4n) is 4.18. The zero-order chi connectivity index (χ0) is 24.0. The van der Waals surface area contributed by atoms with Crippen molar-refractivity contribution >= 4 is 21.6 Å². The van der Waals surface area contributed by atoms with Gasteiger partial charge in [-0.3, -0.25) is 4.79 Å². The molecule has 1 amide bonds. The van der Waals surface area contributed by atoms with Gasteiger partial charge in [0.1, 0.15) is 23.0 Å². The molecule has 2 aromatic rings. The van der Waals surface area contributed by atoms with Crippen LogP contribution in [0.3, 0.4) is 0 Å². The number of nitrogens with zero attached hydrogens (tertiary/aromatic N) is 1. The molecule has 1 unspecified atom stereocenters. The molecule has 2 fully saturated rings. The van der Waals surface area contributed by atoms with Crippen LogP contribution in [0.15, 0.2) is 47.4 Å². The van der Waals surface area contributed by atoms with Crippen molar-refractivity contribution in [2.75, 3.05) is 38.2 Å². The smallest absolute Gasteiger partial charge is 0.255 e. The highest BCUT2D eigenvalue weighted by Crippen LogP contribution is 2.31. The fourth-order valence-corrected chi connectivity index (χ4v) is 5.85. The van der Waals surface area contributed by atoms with Crippen molar-refractivity contribution in [3.8, 4) is 11.5 Å². The molecule has 0 saturated carbocycles. The maximum Gasteiger partial charge on any atom is 0.255 e. The third kappa shape index (κ3) is 5.89. The Morgan fingerprint density at radius 3 is 2.50 bits per heavy atom. The fraction of sp³-hybridized carbons (Fsp3) is 0.480. The van der Waals surface area contributed by atoms with Crippen molar-refractivity contribution in [1.29, 1.82) is 0 Å². The number of carbonyl (C=O) groups excluding carboxylic acids is 1. The van der Waals surface area contributed by atoms with Gasteiger partial charge in [0.05, 0.1) is 12.7 Å². The largest absolute Gasteiger partial charge is 0.492 e. The lowest BCUT2D eigenvalue weighted by molar-refractivity contribution is 0.0679. The van der Waals surface area contributed by atoms with E-state index in [9.17, 15) is 13.2 Å². The van der Waals surface area contributed by atoms with Crippen molar-refractivity contribution < 1.29 is 27.4 Å². The van der Waals surface area contributed by atoms with Crippen molar-refractivity contribution in [3.63, 3.8) is 0 Å². The second kappa shape index (κ2) is 11.2. The highest BCUT2D eigenvalue weighted by atomic mass is 32.2. The van der Waals surface area contributed by atoms with Crippen molar-refractivity contribution in [2.45, 2.75) is 50.0 Å². The van der Waals surface area contributed by atoms with E-state index < -0.39 is 10.0 Å². The topological polar surface area (TPSA) is 94.2 Å². The molecule has 2 aliphatic heterocycles. The van der Waals surface area contributed by atoms with Crippen LogP contribution in [0.4, 0.5) is 5.69 Å². The van der Waals surface area contributed by atoms with E-state index >= 15 is 0 Å². The van der Waals surface area contributed by atoms with E-state index in [1.54, 1.807) is 43.3 Å². The number of hydrogen-bond donors (Lipinski definition) is 1. The Morgan fingerprint density at radius 2 is 1.82 bits per heavy atom. The minimum Gasteiger partial charge on any atom is -0.492 e. The summed E-state index contributed by atoms with van der Waals surface area (Å²) in [4.78, 5) is 12.9. The number of carbonyl (C=O) groups is 1. The summed E-state index contributed by atoms with van der Waals surface area (Å²) in [6, 6.07) is 11.6. The number of benzene rings is 2. The molecule has 0 aliphatic carbocycles. The maximum absolute atomic E-state index is 13.3. The Bertz CT molecular complexity index is 1080. The monoisotopic (exact) mass is 488 g/mol. The number of anilines is 1. The van der Waals surface area contributed by atoms with Crippen LogP contribution in [0.5, 0.6) is 11.5 Å². The Morgan fingerprint density at radius 1 is 1.06 bits per heavy atom. The molecule has 9 heteroatoms. The van der Waals surface area contributed by atoms with Crippen LogP contribution in [0.1, 0.15) is 49.4 Å². The Kier molecular flexibility index (Phi) is 8.07. The first-order valence-corrected chi connectivity index (χ1v) is 13.3. The molecule has 2 aliphatic rings. The van der Waals surface area contributed by atoms with Gasteiger partial charge >= 0.3 is 0 Å². The molecule has 2 aromatic carbocycles.